The second kappa shape index (κ2) is 33.2. The molecule has 0 aliphatic carbocycles. The Balaban J connectivity index is 1.28. The predicted octanol–water partition coefficient (Wildman–Crippen LogP) is 24.1. The van der Waals surface area contributed by atoms with Crippen LogP contribution in [0.3, 0.4) is 0 Å². The lowest BCUT2D eigenvalue weighted by Gasteiger charge is -2.40. The lowest BCUT2D eigenvalue weighted by atomic mass is 9.85. The fourth-order valence-electron chi connectivity index (χ4n) is 12.9. The second-order valence-electron chi connectivity index (χ2n) is 28.7. The summed E-state index contributed by atoms with van der Waals surface area (Å²) in [6, 6.07) is 3.56. The summed E-state index contributed by atoms with van der Waals surface area (Å²) >= 11 is 0. The third kappa shape index (κ3) is 21.4. The summed E-state index contributed by atoms with van der Waals surface area (Å²) in [5, 5.41) is 43.7. The van der Waals surface area contributed by atoms with Crippen LogP contribution in [-0.2, 0) is 19.3 Å². The van der Waals surface area contributed by atoms with Gasteiger partial charge in [-0.15, -0.1) is 0 Å². The maximum Gasteiger partial charge on any atom is 0.149 e. The number of allylic oxidation sites excluding steroid dienone is 18. The average Bonchev–Trinajstić information content (AvgIpc) is 0.815. The Morgan fingerprint density at radius 3 is 1.15 bits per heavy atom. The fraction of sp³-hybridized carbons (Fsp3) is 0.556. The molecule has 6 rings (SSSR count). The highest BCUT2D eigenvalue weighted by Gasteiger charge is 2.40. The van der Waals surface area contributed by atoms with Crippen LogP contribution in [0, 0.1) is 20.8 Å². The van der Waals surface area contributed by atoms with E-state index in [1.54, 1.807) is 12.1 Å². The number of benzene rings is 3. The van der Waals surface area contributed by atoms with Gasteiger partial charge in [0.2, 0.25) is 0 Å². The molecule has 3 heterocycles. The molecule has 0 saturated heterocycles. The van der Waals surface area contributed by atoms with Gasteiger partial charge in [-0.1, -0.05) is 105 Å². The van der Waals surface area contributed by atoms with Gasteiger partial charge in [0.15, 0.2) is 0 Å². The van der Waals surface area contributed by atoms with E-state index >= 15 is 0 Å². The standard InChI is InChI=1S/C81H118N2O6/c1-54(2)28-19-31-57(7)34-22-37-60(10)40-25-46-79(16)50-44-67-73(71(85)52-63(13)76(67)87-79)83-72-65(15)75(86)74(68-45-51-81(18,89-78(68)72)48-27-42-62(12)39-24-36-59(9)33-21-30-56(5)6)82-69-53-70(84)64(14)66-43-49-80(17,88-77(66)69)47-26-41-61(11)38-23-35-58(8)32-20-29-55(3)4/h28-30,34-36,40-42,52-53,82-86H,19-27,31-33,37-39,43-51H2,1-18H3/b57-34+,58-35+,59-36+,60-40+,61-41+,62-42+. The monoisotopic (exact) mass is 1210 g/mol. The number of nitrogens with one attached hydrogen (secondary N) is 2. The van der Waals surface area contributed by atoms with Gasteiger partial charge in [-0.2, -0.15) is 0 Å². The molecule has 89 heavy (non-hydrogen) atoms. The Bertz CT molecular complexity index is 3230. The van der Waals surface area contributed by atoms with Crippen LogP contribution in [0.2, 0.25) is 0 Å². The molecule has 0 bridgehead atoms. The molecule has 3 aliphatic heterocycles. The van der Waals surface area contributed by atoms with Crippen LogP contribution in [0.25, 0.3) is 0 Å². The van der Waals surface area contributed by atoms with Crippen molar-refractivity contribution in [1.29, 1.82) is 0 Å². The summed E-state index contributed by atoms with van der Waals surface area (Å²) in [5.74, 6) is 2.54. The van der Waals surface area contributed by atoms with Gasteiger partial charge in [0, 0.05) is 28.3 Å². The van der Waals surface area contributed by atoms with Gasteiger partial charge >= 0.3 is 0 Å². The van der Waals surface area contributed by atoms with E-state index in [0.29, 0.717) is 52.7 Å². The smallest absolute Gasteiger partial charge is 0.149 e. The minimum Gasteiger partial charge on any atom is -0.508 e. The van der Waals surface area contributed by atoms with Crippen molar-refractivity contribution >= 4 is 22.7 Å². The molecule has 8 heteroatoms. The lowest BCUT2D eigenvalue weighted by Crippen LogP contribution is -2.37. The number of anilines is 4. The number of hydrogen-bond acceptors (Lipinski definition) is 8. The van der Waals surface area contributed by atoms with Gasteiger partial charge in [-0.3, -0.25) is 0 Å². The highest BCUT2D eigenvalue weighted by atomic mass is 16.5. The van der Waals surface area contributed by atoms with Crippen molar-refractivity contribution in [2.75, 3.05) is 10.6 Å². The first-order valence-corrected chi connectivity index (χ1v) is 34.1. The maximum atomic E-state index is 12.7. The molecular weight excluding hydrogens is 1100 g/mol. The minimum atomic E-state index is -0.532. The van der Waals surface area contributed by atoms with E-state index in [1.807, 2.05) is 20.8 Å². The molecule has 3 atom stereocenters. The Hall–Kier alpha value is -6.28. The molecule has 488 valence electrons. The summed E-state index contributed by atoms with van der Waals surface area (Å²) < 4.78 is 21.6. The Morgan fingerprint density at radius 2 is 0.742 bits per heavy atom. The van der Waals surface area contributed by atoms with Crippen molar-refractivity contribution in [2.24, 2.45) is 0 Å². The van der Waals surface area contributed by atoms with Crippen molar-refractivity contribution in [3.8, 4) is 34.5 Å². The van der Waals surface area contributed by atoms with E-state index in [9.17, 15) is 15.3 Å². The maximum absolute atomic E-state index is 12.7. The van der Waals surface area contributed by atoms with Gasteiger partial charge in [0.1, 0.15) is 51.3 Å². The van der Waals surface area contributed by atoms with Gasteiger partial charge in [-0.25, -0.2) is 0 Å². The minimum absolute atomic E-state index is 0.0717. The van der Waals surface area contributed by atoms with Crippen molar-refractivity contribution in [2.45, 2.75) is 296 Å². The number of aromatic hydroxyl groups is 3. The summed E-state index contributed by atoms with van der Waals surface area (Å²) in [6.45, 7) is 39.0. The van der Waals surface area contributed by atoms with Crippen molar-refractivity contribution in [3.05, 3.63) is 150 Å². The molecule has 3 aromatic rings. The van der Waals surface area contributed by atoms with Crippen molar-refractivity contribution in [1.82, 2.24) is 0 Å². The molecule has 5 N–H and O–H groups in total. The molecule has 0 radical (unpaired) electrons. The van der Waals surface area contributed by atoms with Gasteiger partial charge in [-0.05, 0) is 296 Å². The van der Waals surface area contributed by atoms with E-state index in [4.69, 9.17) is 14.2 Å². The summed E-state index contributed by atoms with van der Waals surface area (Å²) in [5.41, 5.74) is 18.7. The lowest BCUT2D eigenvalue weighted by molar-refractivity contribution is 0.0561. The van der Waals surface area contributed by atoms with E-state index < -0.39 is 11.2 Å². The van der Waals surface area contributed by atoms with Crippen LogP contribution < -0.4 is 24.8 Å². The van der Waals surface area contributed by atoms with Crippen LogP contribution in [-0.4, -0.2) is 32.1 Å². The Labute approximate surface area is 540 Å². The van der Waals surface area contributed by atoms with Crippen LogP contribution in [0.4, 0.5) is 22.7 Å². The van der Waals surface area contributed by atoms with Crippen molar-refractivity contribution < 1.29 is 29.5 Å². The molecule has 0 aromatic heterocycles. The van der Waals surface area contributed by atoms with E-state index in [1.165, 1.54) is 50.2 Å². The molecule has 0 spiro atoms. The molecule has 3 aliphatic rings. The van der Waals surface area contributed by atoms with Gasteiger partial charge < -0.3 is 40.2 Å². The highest BCUT2D eigenvalue weighted by molar-refractivity contribution is 5.88. The Kier molecular flexibility index (Phi) is 26.7. The first-order valence-electron chi connectivity index (χ1n) is 34.1. The summed E-state index contributed by atoms with van der Waals surface area (Å²) in [6.07, 6.45) is 43.8. The predicted molar refractivity (Wildman–Crippen MR) is 381 cm³/mol. The third-order valence-electron chi connectivity index (χ3n) is 19.1. The molecule has 0 fully saturated rings. The number of phenolic OH excluding ortho intramolecular Hbond substituents is 3. The molecular formula is C81H118N2O6. The molecule has 0 amide bonds. The fourth-order valence-corrected chi connectivity index (χ4v) is 12.9. The number of fused-ring (bicyclic) bond motifs is 3. The summed E-state index contributed by atoms with van der Waals surface area (Å²) in [4.78, 5) is 0. The largest absolute Gasteiger partial charge is 0.508 e. The third-order valence-corrected chi connectivity index (χ3v) is 19.1. The number of hydrogen-bond donors (Lipinski definition) is 5. The zero-order valence-corrected chi connectivity index (χ0v) is 58.9. The zero-order valence-electron chi connectivity index (χ0n) is 58.9. The van der Waals surface area contributed by atoms with Crippen LogP contribution in [0.15, 0.2) is 117 Å². The first-order chi connectivity index (χ1) is 42.1. The quantitative estimate of drug-likeness (QED) is 0.0320. The molecule has 3 aromatic carbocycles. The number of rotatable bonds is 31. The number of phenols is 3. The van der Waals surface area contributed by atoms with Crippen LogP contribution in [0.1, 0.15) is 272 Å². The van der Waals surface area contributed by atoms with E-state index in [-0.39, 0.29) is 22.8 Å². The topological polar surface area (TPSA) is 112 Å². The molecule has 3 unspecified atom stereocenters. The summed E-state index contributed by atoms with van der Waals surface area (Å²) in [7, 11) is 0. The zero-order chi connectivity index (χ0) is 65.2. The van der Waals surface area contributed by atoms with Gasteiger partial charge in [0.25, 0.3) is 0 Å². The average molecular weight is 1220 g/mol. The van der Waals surface area contributed by atoms with E-state index in [2.05, 4.69) is 169 Å². The molecule has 0 saturated carbocycles. The SMILES string of the molecule is CC(C)=CCC/C(C)=C/CC/C(C)=C/CCC1(C)CCc2c(Nc3c(C)c(O)c(Nc4cc(O)c(C)c5c4OC(C)(CC/C=C(\C)CC/C=C(\C)CCC=C(C)C)CC5)c4c3OC(C)(CC/C=C(\C)CC/C=C(\C)CCC=C(C)C)CC4)c(O)cc(C)c2O1. The van der Waals surface area contributed by atoms with Crippen LogP contribution >= 0.6 is 0 Å². The van der Waals surface area contributed by atoms with Crippen LogP contribution in [0.5, 0.6) is 34.5 Å². The van der Waals surface area contributed by atoms with Crippen molar-refractivity contribution in [3.63, 3.8) is 0 Å². The Morgan fingerprint density at radius 1 is 0.393 bits per heavy atom. The second-order valence-corrected chi connectivity index (χ2v) is 28.7. The first kappa shape index (κ1) is 71.8. The highest BCUT2D eigenvalue weighted by Crippen LogP contribution is 2.56. The normalized spacial score (nSPS) is 19.7. The number of aryl methyl sites for hydroxylation is 1. The molecule has 8 nitrogen and oxygen atoms in total. The van der Waals surface area contributed by atoms with E-state index in [0.717, 1.165) is 175 Å². The number of ether oxygens (including phenoxy) is 3. The van der Waals surface area contributed by atoms with Gasteiger partial charge in [0.05, 0.1) is 22.7 Å².